The molecule has 4 aromatic carbocycles. The van der Waals surface area contributed by atoms with Gasteiger partial charge in [-0.15, -0.1) is 10.8 Å². The van der Waals surface area contributed by atoms with Crippen molar-refractivity contribution in [1.29, 1.82) is 0 Å². The number of rotatable bonds is 0. The van der Waals surface area contributed by atoms with Gasteiger partial charge >= 0.3 is 18.9 Å². The zero-order chi connectivity index (χ0) is 11.9. The summed E-state index contributed by atoms with van der Waals surface area (Å²) in [7, 11) is 0. The van der Waals surface area contributed by atoms with E-state index in [1.807, 2.05) is 6.07 Å². The van der Waals surface area contributed by atoms with Crippen molar-refractivity contribution >= 4 is 32.3 Å². The molecular weight excluding hydrogens is 223 g/mol. The van der Waals surface area contributed by atoms with Crippen LogP contribution in [0.1, 0.15) is 0 Å². The SMILES string of the molecule is [Li+].[c-]1ccc2c(c1)c1ccccc1c1ccccc21. The van der Waals surface area contributed by atoms with Gasteiger partial charge in [0.05, 0.1) is 0 Å². The summed E-state index contributed by atoms with van der Waals surface area (Å²) in [4.78, 5) is 0. The predicted octanol–water partition coefficient (Wildman–Crippen LogP) is 1.95. The molecule has 0 radical (unpaired) electrons. The molecule has 0 aliphatic heterocycles. The van der Waals surface area contributed by atoms with E-state index in [2.05, 4.69) is 66.7 Å². The van der Waals surface area contributed by atoms with E-state index in [0.717, 1.165) is 0 Å². The van der Waals surface area contributed by atoms with Gasteiger partial charge in [0.2, 0.25) is 0 Å². The maximum atomic E-state index is 3.19. The Bertz CT molecular complexity index is 657. The third kappa shape index (κ3) is 1.77. The first-order valence-electron chi connectivity index (χ1n) is 6.14. The second-order valence-electron chi connectivity index (χ2n) is 4.56. The summed E-state index contributed by atoms with van der Waals surface area (Å²) in [5.41, 5.74) is 0. The molecule has 4 aromatic rings. The largest absolute Gasteiger partial charge is 1.00 e. The Hall–Kier alpha value is -1.74. The minimum Gasteiger partial charge on any atom is -0.183 e. The van der Waals surface area contributed by atoms with Gasteiger partial charge in [0.1, 0.15) is 0 Å². The average molecular weight is 234 g/mol. The Morgan fingerprint density at radius 1 is 0.526 bits per heavy atom. The molecule has 0 amide bonds. The summed E-state index contributed by atoms with van der Waals surface area (Å²) in [5.74, 6) is 0. The molecule has 0 saturated heterocycles. The fraction of sp³-hybridized carbons (Fsp3) is 0. The monoisotopic (exact) mass is 234 g/mol. The Morgan fingerprint density at radius 3 is 1.47 bits per heavy atom. The van der Waals surface area contributed by atoms with Gasteiger partial charge in [-0.3, -0.25) is 0 Å². The smallest absolute Gasteiger partial charge is 0.183 e. The van der Waals surface area contributed by atoms with Gasteiger partial charge in [-0.2, -0.15) is 24.3 Å². The van der Waals surface area contributed by atoms with E-state index in [-0.39, 0.29) is 18.9 Å². The third-order valence-electron chi connectivity index (χ3n) is 3.59. The predicted molar refractivity (Wildman–Crippen MR) is 77.8 cm³/mol. The first-order valence-corrected chi connectivity index (χ1v) is 6.14. The zero-order valence-electron chi connectivity index (χ0n) is 10.9. The summed E-state index contributed by atoms with van der Waals surface area (Å²) < 4.78 is 0. The molecule has 0 bridgehead atoms. The van der Waals surface area contributed by atoms with E-state index in [1.54, 1.807) is 0 Å². The van der Waals surface area contributed by atoms with Gasteiger partial charge in [0, 0.05) is 0 Å². The van der Waals surface area contributed by atoms with Gasteiger partial charge in [0.15, 0.2) is 0 Å². The third-order valence-corrected chi connectivity index (χ3v) is 3.59. The van der Waals surface area contributed by atoms with Crippen LogP contribution in [0.15, 0.2) is 66.7 Å². The Morgan fingerprint density at radius 2 is 0.947 bits per heavy atom. The first-order chi connectivity index (χ1) is 8.95. The molecule has 0 fully saturated rings. The van der Waals surface area contributed by atoms with Gasteiger partial charge < -0.3 is 0 Å². The van der Waals surface area contributed by atoms with Crippen molar-refractivity contribution in [3.63, 3.8) is 0 Å². The van der Waals surface area contributed by atoms with Gasteiger partial charge in [-0.1, -0.05) is 53.9 Å². The van der Waals surface area contributed by atoms with Crippen LogP contribution in [0, 0.1) is 6.07 Å². The van der Waals surface area contributed by atoms with Crippen LogP contribution in [-0.4, -0.2) is 0 Å². The van der Waals surface area contributed by atoms with Crippen LogP contribution in [0.4, 0.5) is 0 Å². The number of benzene rings is 4. The topological polar surface area (TPSA) is 0 Å². The minimum absolute atomic E-state index is 0. The summed E-state index contributed by atoms with van der Waals surface area (Å²) in [6.45, 7) is 0. The van der Waals surface area contributed by atoms with Crippen molar-refractivity contribution in [2.24, 2.45) is 0 Å². The minimum atomic E-state index is 0. The van der Waals surface area contributed by atoms with Crippen molar-refractivity contribution in [1.82, 2.24) is 0 Å². The van der Waals surface area contributed by atoms with E-state index in [0.29, 0.717) is 0 Å². The molecular formula is C18H11Li. The van der Waals surface area contributed by atoms with E-state index in [1.165, 1.54) is 32.3 Å². The Kier molecular flexibility index (Phi) is 3.07. The Labute approximate surface area is 124 Å². The molecule has 0 aromatic heterocycles. The van der Waals surface area contributed by atoms with Crippen molar-refractivity contribution in [2.75, 3.05) is 0 Å². The van der Waals surface area contributed by atoms with E-state index < -0.39 is 0 Å². The average Bonchev–Trinajstić information content (AvgIpc) is 2.48. The molecule has 0 saturated carbocycles. The van der Waals surface area contributed by atoms with Crippen molar-refractivity contribution in [2.45, 2.75) is 0 Å². The number of hydrogen-bond donors (Lipinski definition) is 0. The van der Waals surface area contributed by atoms with Crippen LogP contribution in [0.2, 0.25) is 0 Å². The molecule has 0 atom stereocenters. The van der Waals surface area contributed by atoms with E-state index in [9.17, 15) is 0 Å². The standard InChI is InChI=1S/C18H11.Li/c1-2-8-14-13(7-1)15-9-3-4-11-17(15)18-12-6-5-10-16(14)18;/h1-5,7-12H;/q-1;+1. The molecule has 0 nitrogen and oxygen atoms in total. The molecule has 0 heterocycles. The van der Waals surface area contributed by atoms with Crippen molar-refractivity contribution < 1.29 is 18.9 Å². The van der Waals surface area contributed by atoms with Crippen LogP contribution in [0.25, 0.3) is 32.3 Å². The van der Waals surface area contributed by atoms with Crippen LogP contribution >= 0.6 is 0 Å². The van der Waals surface area contributed by atoms with Crippen LogP contribution < -0.4 is 18.9 Å². The van der Waals surface area contributed by atoms with E-state index >= 15 is 0 Å². The first kappa shape index (κ1) is 12.3. The fourth-order valence-electron chi connectivity index (χ4n) is 2.79. The summed E-state index contributed by atoms with van der Waals surface area (Å²) in [5, 5.41) is 7.87. The summed E-state index contributed by atoms with van der Waals surface area (Å²) >= 11 is 0. The van der Waals surface area contributed by atoms with Crippen molar-refractivity contribution in [3.05, 3.63) is 72.8 Å². The molecule has 84 valence electrons. The quantitative estimate of drug-likeness (QED) is 0.248. The van der Waals surface area contributed by atoms with Gasteiger partial charge in [0.25, 0.3) is 0 Å². The molecule has 0 N–H and O–H groups in total. The normalized spacial score (nSPS) is 10.7. The van der Waals surface area contributed by atoms with Gasteiger partial charge in [-0.25, -0.2) is 0 Å². The van der Waals surface area contributed by atoms with Crippen LogP contribution in [0.5, 0.6) is 0 Å². The summed E-state index contributed by atoms with van der Waals surface area (Å²) in [6, 6.07) is 26.6. The molecule has 19 heavy (non-hydrogen) atoms. The molecule has 0 aliphatic carbocycles. The van der Waals surface area contributed by atoms with Gasteiger partial charge in [-0.05, 0) is 16.2 Å². The molecule has 0 aliphatic rings. The summed E-state index contributed by atoms with van der Waals surface area (Å²) in [6.07, 6.45) is 0. The second-order valence-corrected chi connectivity index (χ2v) is 4.56. The molecule has 0 spiro atoms. The zero-order valence-corrected chi connectivity index (χ0v) is 10.9. The van der Waals surface area contributed by atoms with Crippen molar-refractivity contribution in [3.8, 4) is 0 Å². The molecule has 0 unspecified atom stereocenters. The van der Waals surface area contributed by atoms with E-state index in [4.69, 9.17) is 0 Å². The van der Waals surface area contributed by atoms with Crippen LogP contribution in [-0.2, 0) is 0 Å². The second kappa shape index (κ2) is 4.74. The fourth-order valence-corrected chi connectivity index (χ4v) is 2.79. The molecule has 1 heteroatoms. The van der Waals surface area contributed by atoms with Crippen LogP contribution in [0.3, 0.4) is 0 Å². The maximum absolute atomic E-state index is 3.19. The number of fused-ring (bicyclic) bond motifs is 6. The maximum Gasteiger partial charge on any atom is 1.00 e. The molecule has 4 rings (SSSR count). The number of hydrogen-bond acceptors (Lipinski definition) is 0. The Balaban J connectivity index is 0.00000110.